The third-order valence-electron chi connectivity index (χ3n) is 13.4. The number of allylic oxidation sites excluding steroid dienone is 1. The van der Waals surface area contributed by atoms with Crippen molar-refractivity contribution in [3.8, 4) is 17.2 Å². The number of nitro groups is 1. The maximum atomic E-state index is 15.1. The van der Waals surface area contributed by atoms with Gasteiger partial charge in [-0.15, -0.1) is 6.58 Å². The zero-order valence-electron chi connectivity index (χ0n) is 38.7. The number of nitro benzene ring substituents is 1. The number of ether oxygens (including phenoxy) is 4. The second kappa shape index (κ2) is 23.1. The Bertz CT molecular complexity index is 2650. The molecule has 1 aliphatic heterocycles. The predicted molar refractivity (Wildman–Crippen MR) is 258 cm³/mol. The number of rotatable bonds is 22. The van der Waals surface area contributed by atoms with Crippen molar-refractivity contribution in [2.45, 2.75) is 82.5 Å². The Kier molecular flexibility index (Phi) is 16.3. The number of non-ortho nitro benzene ring substituents is 1. The summed E-state index contributed by atoms with van der Waals surface area (Å²) in [6, 6.07) is 31.3. The summed E-state index contributed by atoms with van der Waals surface area (Å²) in [4.78, 5) is 33.8. The van der Waals surface area contributed by atoms with Crippen LogP contribution in [0.1, 0.15) is 73.1 Å². The van der Waals surface area contributed by atoms with E-state index in [1.165, 1.54) is 47.4 Å². The number of unbranched alkanes of at least 4 members (excludes halogenated alkanes) is 2. The van der Waals surface area contributed by atoms with Gasteiger partial charge in [0.15, 0.2) is 0 Å². The number of hydrogen-bond acceptors (Lipinski definition) is 11. The van der Waals surface area contributed by atoms with Gasteiger partial charge in [0, 0.05) is 55.4 Å². The number of amides is 1. The normalized spacial score (nSPS) is 21.6. The fraction of sp³-hybridized carbons (Fsp3) is 0.345. The van der Waals surface area contributed by atoms with Crippen LogP contribution in [-0.4, -0.2) is 63.5 Å². The van der Waals surface area contributed by atoms with E-state index in [1.54, 1.807) is 48.5 Å². The average molecular weight is 958 g/mol. The van der Waals surface area contributed by atoms with Gasteiger partial charge in [-0.1, -0.05) is 90.8 Å². The lowest BCUT2D eigenvalue weighted by molar-refractivity contribution is -0.384. The molecule has 70 heavy (non-hydrogen) atoms. The van der Waals surface area contributed by atoms with Gasteiger partial charge in [0.2, 0.25) is 5.79 Å². The number of halogens is 2. The van der Waals surface area contributed by atoms with Crippen LogP contribution in [0.2, 0.25) is 0 Å². The van der Waals surface area contributed by atoms with Crippen LogP contribution in [0.5, 0.6) is 17.2 Å². The molecular formula is C55H57F2N3O10. The Hall–Kier alpha value is -6.94. The lowest BCUT2D eigenvalue weighted by atomic mass is 9.55. The highest BCUT2D eigenvalue weighted by Crippen LogP contribution is 2.62. The maximum absolute atomic E-state index is 15.1. The van der Waals surface area contributed by atoms with Crippen molar-refractivity contribution >= 4 is 17.5 Å². The standard InChI is InChI=1S/C55H57F2N3O10/c1-2-30-67-55-51(59(34-37-18-20-41(56)21-19-37)54(63)69-43-24-22-42(23-25-43)60(64)65)33-49(58-68-35-38-12-4-3-5-13-38)46-31-39(14-8-10-28-61)45(16-9-11-29-62)52(53(46)55)47-32-44(26-27-50(47)70-55)66-36-40-15-6-7-17-48(40)57/h2-7,12-13,15,17-27,31-32,39,45,51-53,61-62H,1,8-11,14,16,28-30,33-36H2. The molecule has 0 saturated heterocycles. The molecule has 0 radical (unpaired) electrons. The highest BCUT2D eigenvalue weighted by molar-refractivity contribution is 6.03. The fourth-order valence-electron chi connectivity index (χ4n) is 10.2. The van der Waals surface area contributed by atoms with E-state index in [1.807, 2.05) is 36.4 Å². The summed E-state index contributed by atoms with van der Waals surface area (Å²) in [5, 5.41) is 36.5. The molecule has 6 unspecified atom stereocenters. The lowest BCUT2D eigenvalue weighted by Gasteiger charge is -2.59. The molecule has 366 valence electrons. The average Bonchev–Trinajstić information content (AvgIpc) is 3.37. The molecular weight excluding hydrogens is 901 g/mol. The van der Waals surface area contributed by atoms with Crippen molar-refractivity contribution in [1.82, 2.24) is 4.90 Å². The van der Waals surface area contributed by atoms with Gasteiger partial charge in [-0.2, -0.15) is 0 Å². The number of carbonyl (C=O) groups excluding carboxylic acids is 1. The van der Waals surface area contributed by atoms with Crippen molar-refractivity contribution < 1.29 is 52.5 Å². The van der Waals surface area contributed by atoms with Crippen molar-refractivity contribution in [2.24, 2.45) is 22.9 Å². The number of benzene rings is 5. The van der Waals surface area contributed by atoms with E-state index in [0.29, 0.717) is 54.0 Å². The highest BCUT2D eigenvalue weighted by atomic mass is 19.1. The monoisotopic (exact) mass is 957 g/mol. The van der Waals surface area contributed by atoms with Crippen molar-refractivity contribution in [1.29, 1.82) is 0 Å². The molecule has 6 atom stereocenters. The Labute approximate surface area is 405 Å². The summed E-state index contributed by atoms with van der Waals surface area (Å²) in [6.07, 6.45) is 6.97. The molecule has 13 nitrogen and oxygen atoms in total. The summed E-state index contributed by atoms with van der Waals surface area (Å²) in [6.45, 7) is 4.01. The van der Waals surface area contributed by atoms with Crippen molar-refractivity contribution in [3.63, 3.8) is 0 Å². The molecule has 3 aliphatic rings. The van der Waals surface area contributed by atoms with Crippen LogP contribution in [0.15, 0.2) is 151 Å². The minimum Gasteiger partial charge on any atom is -0.489 e. The lowest BCUT2D eigenvalue weighted by Crippen LogP contribution is -2.70. The molecule has 5 aromatic rings. The van der Waals surface area contributed by atoms with E-state index in [2.05, 4.69) is 12.7 Å². The highest BCUT2D eigenvalue weighted by Gasteiger charge is 2.66. The van der Waals surface area contributed by atoms with Gasteiger partial charge in [-0.05, 0) is 103 Å². The molecule has 2 N–H and O–H groups in total. The van der Waals surface area contributed by atoms with Crippen LogP contribution in [0.25, 0.3) is 0 Å². The summed E-state index contributed by atoms with van der Waals surface area (Å²) in [5.41, 5.74) is 3.75. The van der Waals surface area contributed by atoms with Gasteiger partial charge in [0.25, 0.3) is 5.69 Å². The Balaban J connectivity index is 1.33. The minimum absolute atomic E-state index is 0.00402. The summed E-state index contributed by atoms with van der Waals surface area (Å²) in [5.74, 6) is -2.86. The zero-order valence-corrected chi connectivity index (χ0v) is 38.7. The molecule has 0 spiro atoms. The first-order valence-electron chi connectivity index (χ1n) is 23.7. The van der Waals surface area contributed by atoms with E-state index >= 15 is 4.79 Å². The van der Waals surface area contributed by atoms with E-state index < -0.39 is 46.3 Å². The molecule has 2 aliphatic carbocycles. The van der Waals surface area contributed by atoms with Crippen LogP contribution in [0, 0.1) is 39.5 Å². The maximum Gasteiger partial charge on any atom is 0.416 e. The Morgan fingerprint density at radius 3 is 2.30 bits per heavy atom. The van der Waals surface area contributed by atoms with Gasteiger partial charge in [0.1, 0.15) is 48.1 Å². The SMILES string of the molecule is C=CCOC12Oc3ccc(OCc4ccccc4F)cc3C3C(CCCCO)C(CCCCO)C=C(C(=NOCc4ccccc4)CC1N(Cc1ccc(F)cc1)C(=O)Oc1ccc([N+](=O)[O-])cc1)C32. The van der Waals surface area contributed by atoms with Crippen LogP contribution >= 0.6 is 0 Å². The molecule has 0 aromatic heterocycles. The van der Waals surface area contributed by atoms with Gasteiger partial charge < -0.3 is 34.0 Å². The summed E-state index contributed by atoms with van der Waals surface area (Å²) < 4.78 is 56.1. The van der Waals surface area contributed by atoms with Crippen molar-refractivity contribution in [3.05, 3.63) is 190 Å². The molecule has 0 bridgehead atoms. The van der Waals surface area contributed by atoms with E-state index in [9.17, 15) is 29.1 Å². The second-order valence-corrected chi connectivity index (χ2v) is 17.8. The van der Waals surface area contributed by atoms with Crippen LogP contribution < -0.4 is 14.2 Å². The Morgan fingerprint density at radius 1 is 0.871 bits per heavy atom. The van der Waals surface area contributed by atoms with Crippen LogP contribution in [0.4, 0.5) is 19.3 Å². The van der Waals surface area contributed by atoms with Gasteiger partial charge in [-0.25, -0.2) is 13.6 Å². The summed E-state index contributed by atoms with van der Waals surface area (Å²) >= 11 is 0. The topological polar surface area (TPSA) is 162 Å². The fourth-order valence-corrected chi connectivity index (χ4v) is 10.2. The second-order valence-electron chi connectivity index (χ2n) is 17.8. The molecule has 15 heteroatoms. The van der Waals surface area contributed by atoms with Gasteiger partial charge in [0.05, 0.1) is 23.2 Å². The quantitative estimate of drug-likeness (QED) is 0.0295. The largest absolute Gasteiger partial charge is 0.489 e. The molecule has 8 rings (SSSR count). The minimum atomic E-state index is -1.69. The number of oxime groups is 1. The molecule has 1 amide bonds. The number of aliphatic hydroxyl groups excluding tert-OH is 2. The van der Waals surface area contributed by atoms with Gasteiger partial charge >= 0.3 is 6.09 Å². The summed E-state index contributed by atoms with van der Waals surface area (Å²) in [7, 11) is 0. The van der Waals surface area contributed by atoms with E-state index in [4.69, 9.17) is 28.9 Å². The third kappa shape index (κ3) is 11.2. The number of aliphatic hydroxyl groups is 2. The first-order chi connectivity index (χ1) is 34.1. The van der Waals surface area contributed by atoms with E-state index in [-0.39, 0.29) is 69.3 Å². The van der Waals surface area contributed by atoms with Crippen LogP contribution in [0.3, 0.4) is 0 Å². The zero-order chi connectivity index (χ0) is 49.0. The number of nitrogens with zero attached hydrogens (tertiary/aromatic N) is 3. The smallest absolute Gasteiger partial charge is 0.416 e. The van der Waals surface area contributed by atoms with Gasteiger partial charge in [-0.3, -0.25) is 15.0 Å². The molecule has 1 saturated carbocycles. The first-order valence-corrected chi connectivity index (χ1v) is 23.7. The van der Waals surface area contributed by atoms with Crippen LogP contribution in [-0.2, 0) is 29.3 Å². The molecule has 1 fully saturated rings. The van der Waals surface area contributed by atoms with Crippen molar-refractivity contribution in [2.75, 3.05) is 19.8 Å². The number of carbonyl (C=O) groups is 1. The number of fused-ring (bicyclic) bond motifs is 2. The molecule has 1 heterocycles. The Morgan fingerprint density at radius 2 is 1.59 bits per heavy atom. The predicted octanol–water partition coefficient (Wildman–Crippen LogP) is 11.0. The number of hydrogen-bond donors (Lipinski definition) is 2. The van der Waals surface area contributed by atoms with E-state index in [0.717, 1.165) is 29.5 Å². The first kappa shape index (κ1) is 49.5. The third-order valence-corrected chi connectivity index (χ3v) is 13.4. The molecule has 5 aromatic carbocycles.